The van der Waals surface area contributed by atoms with Crippen LogP contribution in [-0.4, -0.2) is 7.05 Å². The van der Waals surface area contributed by atoms with Gasteiger partial charge < -0.3 is 5.32 Å². The molecule has 0 radical (unpaired) electrons. The van der Waals surface area contributed by atoms with E-state index in [1.54, 1.807) is 17.4 Å². The average Bonchev–Trinajstić information content (AvgIpc) is 2.69. The van der Waals surface area contributed by atoms with Crippen LogP contribution in [0.25, 0.3) is 0 Å². The van der Waals surface area contributed by atoms with Gasteiger partial charge in [-0.15, -0.1) is 11.3 Å². The van der Waals surface area contributed by atoms with Gasteiger partial charge in [-0.3, -0.25) is 0 Å². The maximum Gasteiger partial charge on any atom is 0.128 e. The van der Waals surface area contributed by atoms with Gasteiger partial charge in [0, 0.05) is 10.4 Å². The molecule has 0 fully saturated rings. The van der Waals surface area contributed by atoms with Crippen molar-refractivity contribution in [2.75, 3.05) is 7.05 Å². The van der Waals surface area contributed by atoms with Crippen molar-refractivity contribution in [1.82, 2.24) is 5.32 Å². The van der Waals surface area contributed by atoms with Crippen LogP contribution in [0.2, 0.25) is 0 Å². The molecule has 1 N–H and O–H groups in total. The van der Waals surface area contributed by atoms with Gasteiger partial charge >= 0.3 is 0 Å². The molecular formula is C12H11BrFNS. The first kappa shape index (κ1) is 11.8. The zero-order valence-electron chi connectivity index (χ0n) is 8.71. The first-order valence-electron chi connectivity index (χ1n) is 4.89. The minimum Gasteiger partial charge on any atom is -0.309 e. The summed E-state index contributed by atoms with van der Waals surface area (Å²) in [5.74, 6) is -0.175. The summed E-state index contributed by atoms with van der Waals surface area (Å²) in [6, 6.07) is 10.7. The molecule has 0 amide bonds. The Balaban J connectivity index is 2.40. The molecule has 0 saturated heterocycles. The van der Waals surface area contributed by atoms with Crippen molar-refractivity contribution in [3.8, 4) is 0 Å². The van der Waals surface area contributed by atoms with Crippen molar-refractivity contribution < 1.29 is 4.39 Å². The number of halogens is 2. The fourth-order valence-corrected chi connectivity index (χ4v) is 3.20. The van der Waals surface area contributed by atoms with Crippen molar-refractivity contribution >= 4 is 27.3 Å². The van der Waals surface area contributed by atoms with Crippen LogP contribution >= 0.6 is 27.3 Å². The molecular weight excluding hydrogens is 289 g/mol. The van der Waals surface area contributed by atoms with Gasteiger partial charge in [0.15, 0.2) is 0 Å². The average molecular weight is 300 g/mol. The number of hydrogen-bond donors (Lipinski definition) is 1. The van der Waals surface area contributed by atoms with Gasteiger partial charge in [0.1, 0.15) is 5.82 Å². The van der Waals surface area contributed by atoms with E-state index < -0.39 is 0 Å². The summed E-state index contributed by atoms with van der Waals surface area (Å²) in [5, 5.41) is 3.14. The van der Waals surface area contributed by atoms with Crippen molar-refractivity contribution in [1.29, 1.82) is 0 Å². The molecule has 4 heteroatoms. The van der Waals surface area contributed by atoms with E-state index in [4.69, 9.17) is 0 Å². The first-order chi connectivity index (χ1) is 7.72. The Morgan fingerprint density at radius 1 is 1.25 bits per heavy atom. The molecule has 0 saturated carbocycles. The van der Waals surface area contributed by atoms with Crippen LogP contribution in [0.5, 0.6) is 0 Å². The molecule has 1 heterocycles. The highest BCUT2D eigenvalue weighted by atomic mass is 79.9. The SMILES string of the molecule is CNC(c1ccc(Br)s1)c1ccccc1F. The molecule has 0 aliphatic heterocycles. The summed E-state index contributed by atoms with van der Waals surface area (Å²) >= 11 is 5.03. The predicted octanol–water partition coefficient (Wildman–Crippen LogP) is 3.96. The number of nitrogens with one attached hydrogen (secondary N) is 1. The van der Waals surface area contributed by atoms with E-state index in [9.17, 15) is 4.39 Å². The van der Waals surface area contributed by atoms with Gasteiger partial charge in [-0.2, -0.15) is 0 Å². The van der Waals surface area contributed by atoms with Crippen LogP contribution in [0.15, 0.2) is 40.2 Å². The van der Waals surface area contributed by atoms with Crippen molar-refractivity contribution in [2.24, 2.45) is 0 Å². The second kappa shape index (κ2) is 5.08. The van der Waals surface area contributed by atoms with E-state index in [2.05, 4.69) is 21.2 Å². The van der Waals surface area contributed by atoms with Crippen LogP contribution in [-0.2, 0) is 0 Å². The first-order valence-corrected chi connectivity index (χ1v) is 6.50. The summed E-state index contributed by atoms with van der Waals surface area (Å²) in [7, 11) is 1.84. The summed E-state index contributed by atoms with van der Waals surface area (Å²) in [6.45, 7) is 0. The zero-order valence-corrected chi connectivity index (χ0v) is 11.1. The second-order valence-electron chi connectivity index (χ2n) is 3.39. The van der Waals surface area contributed by atoms with Crippen LogP contribution in [0.3, 0.4) is 0 Å². The number of benzene rings is 1. The van der Waals surface area contributed by atoms with Crippen LogP contribution in [0.1, 0.15) is 16.5 Å². The number of thiophene rings is 1. The summed E-state index contributed by atoms with van der Waals surface area (Å²) in [6.07, 6.45) is 0. The monoisotopic (exact) mass is 299 g/mol. The van der Waals surface area contributed by atoms with Crippen molar-refractivity contribution in [3.05, 3.63) is 56.4 Å². The lowest BCUT2D eigenvalue weighted by Gasteiger charge is -2.15. The van der Waals surface area contributed by atoms with Gasteiger partial charge in [-0.25, -0.2) is 4.39 Å². The maximum absolute atomic E-state index is 13.7. The highest BCUT2D eigenvalue weighted by Gasteiger charge is 2.17. The smallest absolute Gasteiger partial charge is 0.128 e. The molecule has 16 heavy (non-hydrogen) atoms. The lowest BCUT2D eigenvalue weighted by molar-refractivity contribution is 0.579. The van der Waals surface area contributed by atoms with Crippen molar-refractivity contribution in [3.63, 3.8) is 0 Å². The Kier molecular flexibility index (Phi) is 3.74. The highest BCUT2D eigenvalue weighted by Crippen LogP contribution is 2.31. The van der Waals surface area contributed by atoms with Crippen LogP contribution in [0.4, 0.5) is 4.39 Å². The third kappa shape index (κ3) is 2.34. The van der Waals surface area contributed by atoms with Crippen molar-refractivity contribution in [2.45, 2.75) is 6.04 Å². The Morgan fingerprint density at radius 3 is 2.56 bits per heavy atom. The topological polar surface area (TPSA) is 12.0 Å². The standard InChI is InChI=1S/C12H11BrFNS/c1-15-12(10-6-7-11(13)16-10)8-4-2-3-5-9(8)14/h2-7,12,15H,1H3. The normalized spacial score (nSPS) is 12.7. The molecule has 84 valence electrons. The Labute approximate surface area is 106 Å². The molecule has 0 bridgehead atoms. The Morgan fingerprint density at radius 2 is 2.00 bits per heavy atom. The zero-order chi connectivity index (χ0) is 11.5. The lowest BCUT2D eigenvalue weighted by atomic mass is 10.1. The summed E-state index contributed by atoms with van der Waals surface area (Å²) in [4.78, 5) is 1.10. The quantitative estimate of drug-likeness (QED) is 0.905. The molecule has 1 atom stereocenters. The Bertz CT molecular complexity index is 483. The van der Waals surface area contributed by atoms with Gasteiger partial charge in [0.25, 0.3) is 0 Å². The maximum atomic E-state index is 13.7. The summed E-state index contributed by atoms with van der Waals surface area (Å²) < 4.78 is 14.7. The third-order valence-electron chi connectivity index (χ3n) is 2.38. The summed E-state index contributed by atoms with van der Waals surface area (Å²) in [5.41, 5.74) is 0.680. The molecule has 1 unspecified atom stereocenters. The van der Waals surface area contributed by atoms with E-state index >= 15 is 0 Å². The highest BCUT2D eigenvalue weighted by molar-refractivity contribution is 9.11. The molecule has 2 rings (SSSR count). The van der Waals surface area contributed by atoms with Gasteiger partial charge in [0.05, 0.1) is 9.83 Å². The number of hydrogen-bond acceptors (Lipinski definition) is 2. The minimum atomic E-state index is -0.175. The fraction of sp³-hybridized carbons (Fsp3) is 0.167. The van der Waals surface area contributed by atoms with Crippen LogP contribution < -0.4 is 5.32 Å². The molecule has 0 aliphatic rings. The molecule has 2 aromatic rings. The third-order valence-corrected chi connectivity index (χ3v) is 4.07. The van der Waals surface area contributed by atoms with E-state index in [-0.39, 0.29) is 11.9 Å². The lowest BCUT2D eigenvalue weighted by Crippen LogP contribution is -2.17. The Hall–Kier alpha value is -0.710. The van der Waals surface area contributed by atoms with Crippen LogP contribution in [0, 0.1) is 5.82 Å². The fourth-order valence-electron chi connectivity index (χ4n) is 1.64. The molecule has 0 aliphatic carbocycles. The van der Waals surface area contributed by atoms with Gasteiger partial charge in [-0.05, 0) is 41.2 Å². The van der Waals surface area contributed by atoms with E-state index in [0.717, 1.165) is 8.66 Å². The molecule has 1 nitrogen and oxygen atoms in total. The molecule has 1 aromatic heterocycles. The van der Waals surface area contributed by atoms with E-state index in [0.29, 0.717) is 5.56 Å². The predicted molar refractivity (Wildman–Crippen MR) is 69.3 cm³/mol. The van der Waals surface area contributed by atoms with Gasteiger partial charge in [-0.1, -0.05) is 18.2 Å². The largest absolute Gasteiger partial charge is 0.309 e. The second-order valence-corrected chi connectivity index (χ2v) is 5.88. The van der Waals surface area contributed by atoms with Gasteiger partial charge in [0.2, 0.25) is 0 Å². The molecule has 1 aromatic carbocycles. The minimum absolute atomic E-state index is 0.0856. The number of rotatable bonds is 3. The van der Waals surface area contributed by atoms with E-state index in [1.807, 2.05) is 31.3 Å². The molecule has 0 spiro atoms. The van der Waals surface area contributed by atoms with E-state index in [1.165, 1.54) is 6.07 Å².